The van der Waals surface area contributed by atoms with Gasteiger partial charge in [0, 0.05) is 0 Å². The van der Waals surface area contributed by atoms with Crippen molar-refractivity contribution < 1.29 is 10.2 Å². The molecule has 2 heteroatoms. The summed E-state index contributed by atoms with van der Waals surface area (Å²) in [5.41, 5.74) is -0.150. The van der Waals surface area contributed by atoms with Crippen LogP contribution in [0.25, 0.3) is 0 Å². The van der Waals surface area contributed by atoms with Crippen molar-refractivity contribution in [1.82, 2.24) is 0 Å². The van der Waals surface area contributed by atoms with E-state index in [0.717, 1.165) is 32.1 Å². The summed E-state index contributed by atoms with van der Waals surface area (Å²) in [4.78, 5) is 0. The molecule has 5 unspecified atom stereocenters. The monoisotopic (exact) mass is 238 g/mol. The van der Waals surface area contributed by atoms with Crippen molar-refractivity contribution in [2.24, 2.45) is 22.7 Å². The van der Waals surface area contributed by atoms with Crippen molar-refractivity contribution in [1.29, 1.82) is 0 Å². The Balaban J connectivity index is 2.01. The molecule has 0 saturated heterocycles. The Kier molecular flexibility index (Phi) is 2.30. The van der Waals surface area contributed by atoms with Crippen LogP contribution in [0.5, 0.6) is 0 Å². The third kappa shape index (κ3) is 1.53. The van der Waals surface area contributed by atoms with E-state index in [-0.39, 0.29) is 16.9 Å². The number of hydrogen-bond acceptors (Lipinski definition) is 2. The highest BCUT2D eigenvalue weighted by molar-refractivity contribution is 5.12. The molecule has 2 nitrogen and oxygen atoms in total. The Hall–Kier alpha value is -0.0800. The average molecular weight is 238 g/mol. The van der Waals surface area contributed by atoms with Gasteiger partial charge in [-0.15, -0.1) is 0 Å². The van der Waals surface area contributed by atoms with Crippen LogP contribution in [0.3, 0.4) is 0 Å². The first kappa shape index (κ1) is 12.0. The lowest BCUT2D eigenvalue weighted by molar-refractivity contribution is -0.0462. The molecule has 98 valence electrons. The van der Waals surface area contributed by atoms with Crippen LogP contribution in [0.2, 0.25) is 0 Å². The Morgan fingerprint density at radius 2 is 1.71 bits per heavy atom. The van der Waals surface area contributed by atoms with Gasteiger partial charge in [0.25, 0.3) is 0 Å². The minimum Gasteiger partial charge on any atom is -0.393 e. The number of hydrogen-bond donors (Lipinski definition) is 2. The molecule has 17 heavy (non-hydrogen) atoms. The van der Waals surface area contributed by atoms with Gasteiger partial charge >= 0.3 is 0 Å². The first-order valence-electron chi connectivity index (χ1n) is 7.17. The van der Waals surface area contributed by atoms with Crippen LogP contribution in [-0.4, -0.2) is 21.9 Å². The summed E-state index contributed by atoms with van der Waals surface area (Å²) in [6.07, 6.45) is 5.65. The van der Waals surface area contributed by atoms with Crippen LogP contribution < -0.4 is 0 Å². The van der Waals surface area contributed by atoms with Gasteiger partial charge in [-0.2, -0.15) is 0 Å². The van der Waals surface area contributed by atoms with E-state index in [2.05, 4.69) is 20.8 Å². The summed E-state index contributed by atoms with van der Waals surface area (Å²) < 4.78 is 0. The van der Waals surface area contributed by atoms with Gasteiger partial charge in [-0.3, -0.25) is 0 Å². The van der Waals surface area contributed by atoms with E-state index in [1.807, 2.05) is 0 Å². The van der Waals surface area contributed by atoms with Gasteiger partial charge in [0.05, 0.1) is 11.7 Å². The fraction of sp³-hybridized carbons (Fsp3) is 1.00. The molecule has 3 rings (SSSR count). The Morgan fingerprint density at radius 3 is 2.41 bits per heavy atom. The molecule has 2 N–H and O–H groups in total. The summed E-state index contributed by atoms with van der Waals surface area (Å²) in [6, 6.07) is 0. The number of rotatable bonds is 0. The molecule has 2 bridgehead atoms. The zero-order valence-corrected chi connectivity index (χ0v) is 11.4. The largest absolute Gasteiger partial charge is 0.393 e. The summed E-state index contributed by atoms with van der Waals surface area (Å²) in [5.74, 6) is 1.08. The normalized spacial score (nSPS) is 56.6. The molecule has 3 aliphatic carbocycles. The maximum atomic E-state index is 11.0. The number of aliphatic hydroxyl groups is 2. The van der Waals surface area contributed by atoms with E-state index in [0.29, 0.717) is 11.8 Å². The van der Waals surface area contributed by atoms with Crippen LogP contribution in [-0.2, 0) is 0 Å². The highest BCUT2D eigenvalue weighted by Gasteiger charge is 2.61. The summed E-state index contributed by atoms with van der Waals surface area (Å²) in [6.45, 7) is 6.87. The zero-order valence-electron chi connectivity index (χ0n) is 11.4. The van der Waals surface area contributed by atoms with Crippen molar-refractivity contribution in [2.75, 3.05) is 0 Å². The van der Waals surface area contributed by atoms with E-state index < -0.39 is 5.60 Å². The fourth-order valence-electron chi connectivity index (χ4n) is 5.30. The van der Waals surface area contributed by atoms with E-state index >= 15 is 0 Å². The van der Waals surface area contributed by atoms with Gasteiger partial charge in [-0.1, -0.05) is 20.8 Å². The molecule has 3 saturated carbocycles. The minimum atomic E-state index is -0.493. The molecule has 0 aromatic heterocycles. The second-order valence-electron chi connectivity index (χ2n) is 7.93. The maximum Gasteiger partial charge on any atom is 0.0685 e. The second-order valence-corrected chi connectivity index (χ2v) is 7.93. The average Bonchev–Trinajstić information content (AvgIpc) is 2.39. The molecular weight excluding hydrogens is 212 g/mol. The molecule has 0 amide bonds. The van der Waals surface area contributed by atoms with E-state index in [9.17, 15) is 10.2 Å². The Labute approximate surface area is 104 Å². The van der Waals surface area contributed by atoms with Crippen LogP contribution in [0.4, 0.5) is 0 Å². The third-order valence-corrected chi connectivity index (χ3v) is 6.31. The van der Waals surface area contributed by atoms with Crippen molar-refractivity contribution in [3.63, 3.8) is 0 Å². The molecule has 0 heterocycles. The SMILES string of the molecule is CC1(C)CC2(O)CCC(O)C3(C)CCC1C2C3. The molecule has 3 aliphatic rings. The van der Waals surface area contributed by atoms with Gasteiger partial charge in [0.1, 0.15) is 0 Å². The highest BCUT2D eigenvalue weighted by Crippen LogP contribution is 2.64. The van der Waals surface area contributed by atoms with Gasteiger partial charge in [0.2, 0.25) is 0 Å². The van der Waals surface area contributed by atoms with Gasteiger partial charge < -0.3 is 10.2 Å². The summed E-state index contributed by atoms with van der Waals surface area (Å²) in [5, 5.41) is 21.3. The Bertz CT molecular complexity index is 338. The van der Waals surface area contributed by atoms with Crippen LogP contribution in [0.15, 0.2) is 0 Å². The van der Waals surface area contributed by atoms with E-state index in [1.54, 1.807) is 0 Å². The smallest absolute Gasteiger partial charge is 0.0685 e. The van der Waals surface area contributed by atoms with Crippen molar-refractivity contribution >= 4 is 0 Å². The predicted octanol–water partition coefficient (Wildman–Crippen LogP) is 2.72. The first-order chi connectivity index (χ1) is 7.77. The molecule has 0 spiro atoms. The summed E-state index contributed by atoms with van der Waals surface area (Å²) in [7, 11) is 0. The Morgan fingerprint density at radius 1 is 1.00 bits per heavy atom. The second kappa shape index (κ2) is 3.27. The van der Waals surface area contributed by atoms with Gasteiger partial charge in [0.15, 0.2) is 0 Å². The van der Waals surface area contributed by atoms with Crippen LogP contribution in [0, 0.1) is 22.7 Å². The maximum absolute atomic E-state index is 11.0. The minimum absolute atomic E-state index is 0.0616. The van der Waals surface area contributed by atoms with Crippen molar-refractivity contribution in [3.05, 3.63) is 0 Å². The first-order valence-corrected chi connectivity index (χ1v) is 7.17. The quantitative estimate of drug-likeness (QED) is 0.681. The zero-order chi connectivity index (χ0) is 12.5. The predicted molar refractivity (Wildman–Crippen MR) is 67.5 cm³/mol. The van der Waals surface area contributed by atoms with Gasteiger partial charge in [-0.05, 0) is 61.2 Å². The molecule has 0 aromatic rings. The number of fused-ring (bicyclic) bond motifs is 1. The molecule has 3 fully saturated rings. The molecule has 5 atom stereocenters. The topological polar surface area (TPSA) is 40.5 Å². The number of aliphatic hydroxyl groups excluding tert-OH is 1. The highest BCUT2D eigenvalue weighted by atomic mass is 16.3. The van der Waals surface area contributed by atoms with Crippen LogP contribution >= 0.6 is 0 Å². The van der Waals surface area contributed by atoms with Gasteiger partial charge in [-0.25, -0.2) is 0 Å². The lowest BCUT2D eigenvalue weighted by Gasteiger charge is -2.45. The van der Waals surface area contributed by atoms with E-state index in [1.165, 1.54) is 6.42 Å². The lowest BCUT2D eigenvalue weighted by atomic mass is 9.61. The van der Waals surface area contributed by atoms with Crippen molar-refractivity contribution in [2.45, 2.75) is 71.0 Å². The standard InChI is InChI=1S/C15H26O2/c1-13(2)9-15(17)7-5-12(16)14(3)6-4-10(13)11(15)8-14/h10-12,16-17H,4-9H2,1-3H3. The summed E-state index contributed by atoms with van der Waals surface area (Å²) >= 11 is 0. The van der Waals surface area contributed by atoms with Crippen LogP contribution in [0.1, 0.15) is 59.3 Å². The fourth-order valence-corrected chi connectivity index (χ4v) is 5.30. The molecule has 0 radical (unpaired) electrons. The van der Waals surface area contributed by atoms with E-state index in [4.69, 9.17) is 0 Å². The molecular formula is C15H26O2. The molecule has 0 aliphatic heterocycles. The third-order valence-electron chi connectivity index (χ3n) is 6.31. The lowest BCUT2D eigenvalue weighted by Crippen LogP contribution is -2.42. The molecule has 0 aromatic carbocycles. The van der Waals surface area contributed by atoms with Crippen molar-refractivity contribution in [3.8, 4) is 0 Å².